The molecule has 0 aliphatic heterocycles. The van der Waals surface area contributed by atoms with Crippen LogP contribution in [0.1, 0.15) is 12.0 Å². The minimum absolute atomic E-state index is 0.0261. The molecule has 0 unspecified atom stereocenters. The van der Waals surface area contributed by atoms with Crippen molar-refractivity contribution in [2.24, 2.45) is 0 Å². The summed E-state index contributed by atoms with van der Waals surface area (Å²) in [5.74, 6) is 0.591. The van der Waals surface area contributed by atoms with Gasteiger partial charge in [-0.3, -0.25) is 4.79 Å². The van der Waals surface area contributed by atoms with Gasteiger partial charge in [-0.15, -0.1) is 0 Å². The second-order valence-corrected chi connectivity index (χ2v) is 3.74. The number of carbonyl (C=O) groups excluding carboxylic acids is 1. The van der Waals surface area contributed by atoms with Crippen LogP contribution in [0.4, 0.5) is 8.78 Å². The smallest absolute Gasteiger partial charge is 0.261 e. The number of carbonyl (C=O) groups is 1. The third kappa shape index (κ3) is 5.23. The van der Waals surface area contributed by atoms with E-state index in [9.17, 15) is 13.6 Å². The third-order valence-electron chi connectivity index (χ3n) is 2.35. The quantitative estimate of drug-likeness (QED) is 0.672. The van der Waals surface area contributed by atoms with Crippen molar-refractivity contribution >= 4 is 5.78 Å². The number of rotatable bonds is 8. The Labute approximate surface area is 105 Å². The fourth-order valence-corrected chi connectivity index (χ4v) is 1.51. The van der Waals surface area contributed by atoms with Gasteiger partial charge in [-0.2, -0.15) is 0 Å². The Morgan fingerprint density at radius 1 is 1.33 bits per heavy atom. The zero-order valence-electron chi connectivity index (χ0n) is 10.2. The zero-order valence-corrected chi connectivity index (χ0v) is 10.2. The lowest BCUT2D eigenvalue weighted by Crippen LogP contribution is -2.11. The number of halogens is 2. The minimum Gasteiger partial charge on any atom is -0.496 e. The number of hydrogen-bond donors (Lipinski definition) is 0. The number of benzene rings is 1. The van der Waals surface area contributed by atoms with E-state index in [0.717, 1.165) is 5.56 Å². The Morgan fingerprint density at radius 2 is 2.06 bits per heavy atom. The topological polar surface area (TPSA) is 35.5 Å². The van der Waals surface area contributed by atoms with E-state index in [1.807, 2.05) is 12.1 Å². The van der Waals surface area contributed by atoms with Crippen molar-refractivity contribution in [1.82, 2.24) is 0 Å². The van der Waals surface area contributed by atoms with Gasteiger partial charge in [0.15, 0.2) is 0 Å². The van der Waals surface area contributed by atoms with Gasteiger partial charge in [-0.25, -0.2) is 8.78 Å². The Balaban J connectivity index is 2.35. The SMILES string of the molecule is COc1ccccc1CC(=O)CCOCC(F)F. The van der Waals surface area contributed by atoms with Crippen LogP contribution < -0.4 is 4.74 Å². The predicted octanol–water partition coefficient (Wildman–Crippen LogP) is 2.48. The molecule has 0 saturated heterocycles. The Morgan fingerprint density at radius 3 is 2.72 bits per heavy atom. The number of alkyl halides is 2. The maximum Gasteiger partial charge on any atom is 0.261 e. The van der Waals surface area contributed by atoms with Crippen LogP contribution in [0.2, 0.25) is 0 Å². The van der Waals surface area contributed by atoms with Gasteiger partial charge in [0.05, 0.1) is 13.7 Å². The maximum atomic E-state index is 11.8. The largest absolute Gasteiger partial charge is 0.496 e. The van der Waals surface area contributed by atoms with Crippen LogP contribution in [0, 0.1) is 0 Å². The first-order valence-electron chi connectivity index (χ1n) is 5.63. The van der Waals surface area contributed by atoms with Crippen LogP contribution in [0.3, 0.4) is 0 Å². The molecule has 18 heavy (non-hydrogen) atoms. The molecule has 0 radical (unpaired) electrons. The van der Waals surface area contributed by atoms with Gasteiger partial charge >= 0.3 is 0 Å². The molecule has 0 aliphatic rings. The highest BCUT2D eigenvalue weighted by atomic mass is 19.3. The van der Waals surface area contributed by atoms with Crippen molar-refractivity contribution < 1.29 is 23.0 Å². The lowest BCUT2D eigenvalue weighted by atomic mass is 10.1. The summed E-state index contributed by atoms with van der Waals surface area (Å²) in [5, 5.41) is 0. The summed E-state index contributed by atoms with van der Waals surface area (Å²) in [6, 6.07) is 7.21. The van der Waals surface area contributed by atoms with E-state index in [-0.39, 0.29) is 25.2 Å². The lowest BCUT2D eigenvalue weighted by Gasteiger charge is -2.07. The molecule has 0 heterocycles. The van der Waals surface area contributed by atoms with Gasteiger partial charge in [-0.05, 0) is 6.07 Å². The van der Waals surface area contributed by atoms with Gasteiger partial charge in [0.1, 0.15) is 18.1 Å². The third-order valence-corrected chi connectivity index (χ3v) is 2.35. The van der Waals surface area contributed by atoms with Gasteiger partial charge < -0.3 is 9.47 Å². The van der Waals surface area contributed by atoms with Gasteiger partial charge in [0.25, 0.3) is 6.43 Å². The number of ketones is 1. The van der Waals surface area contributed by atoms with E-state index in [1.54, 1.807) is 12.1 Å². The monoisotopic (exact) mass is 258 g/mol. The average molecular weight is 258 g/mol. The predicted molar refractivity (Wildman–Crippen MR) is 63.1 cm³/mol. The number of ether oxygens (including phenoxy) is 2. The first-order valence-corrected chi connectivity index (χ1v) is 5.63. The normalized spacial score (nSPS) is 10.7. The van der Waals surface area contributed by atoms with Crippen molar-refractivity contribution in [2.75, 3.05) is 20.3 Å². The molecule has 0 atom stereocenters. The molecular weight excluding hydrogens is 242 g/mol. The fraction of sp³-hybridized carbons (Fsp3) is 0.462. The van der Waals surface area contributed by atoms with Crippen molar-refractivity contribution in [2.45, 2.75) is 19.3 Å². The average Bonchev–Trinajstić information content (AvgIpc) is 2.35. The summed E-state index contributed by atoms with van der Waals surface area (Å²) in [5.41, 5.74) is 0.791. The van der Waals surface area contributed by atoms with E-state index in [2.05, 4.69) is 4.74 Å². The molecule has 0 amide bonds. The van der Waals surface area contributed by atoms with Gasteiger partial charge in [0.2, 0.25) is 0 Å². The molecule has 1 aromatic rings. The highest BCUT2D eigenvalue weighted by Gasteiger charge is 2.09. The molecule has 1 aromatic carbocycles. The van der Waals surface area contributed by atoms with E-state index in [4.69, 9.17) is 4.74 Å². The summed E-state index contributed by atoms with van der Waals surface area (Å²) in [6.07, 6.45) is -2.14. The Bertz CT molecular complexity index is 380. The number of hydrogen-bond acceptors (Lipinski definition) is 3. The molecule has 1 rings (SSSR count). The van der Waals surface area contributed by atoms with E-state index < -0.39 is 13.0 Å². The number of para-hydroxylation sites is 1. The standard InChI is InChI=1S/C13H16F2O3/c1-17-12-5-3-2-4-10(12)8-11(16)6-7-18-9-13(14)15/h2-5,13H,6-9H2,1H3. The summed E-state index contributed by atoms with van der Waals surface area (Å²) in [6.45, 7) is -0.597. The van der Waals surface area contributed by atoms with Crippen molar-refractivity contribution in [3.63, 3.8) is 0 Å². The highest BCUT2D eigenvalue weighted by Crippen LogP contribution is 2.18. The van der Waals surface area contributed by atoms with Crippen LogP contribution in [-0.4, -0.2) is 32.5 Å². The highest BCUT2D eigenvalue weighted by molar-refractivity contribution is 5.81. The molecule has 0 fully saturated rings. The summed E-state index contributed by atoms with van der Waals surface area (Å²) >= 11 is 0. The molecule has 0 aromatic heterocycles. The zero-order chi connectivity index (χ0) is 13.4. The number of Topliss-reactive ketones (excluding diaryl/α,β-unsaturated/α-hetero) is 1. The van der Waals surface area contributed by atoms with Crippen LogP contribution in [-0.2, 0) is 16.0 Å². The molecule has 0 N–H and O–H groups in total. The maximum absolute atomic E-state index is 11.8. The molecule has 0 aliphatic carbocycles. The molecule has 0 saturated carbocycles. The Hall–Kier alpha value is -1.49. The molecule has 0 spiro atoms. The molecule has 5 heteroatoms. The minimum atomic E-state index is -2.49. The van der Waals surface area contributed by atoms with E-state index >= 15 is 0 Å². The van der Waals surface area contributed by atoms with Crippen molar-refractivity contribution in [1.29, 1.82) is 0 Å². The number of methoxy groups -OCH3 is 1. The second-order valence-electron chi connectivity index (χ2n) is 3.74. The summed E-state index contributed by atoms with van der Waals surface area (Å²) in [7, 11) is 1.54. The first kappa shape index (κ1) is 14.6. The van der Waals surface area contributed by atoms with Crippen molar-refractivity contribution in [3.8, 4) is 5.75 Å². The first-order chi connectivity index (χ1) is 8.63. The molecular formula is C13H16F2O3. The van der Waals surface area contributed by atoms with Crippen LogP contribution in [0.5, 0.6) is 5.75 Å². The van der Waals surface area contributed by atoms with Crippen molar-refractivity contribution in [3.05, 3.63) is 29.8 Å². The molecule has 0 bridgehead atoms. The van der Waals surface area contributed by atoms with Crippen LogP contribution >= 0.6 is 0 Å². The van der Waals surface area contributed by atoms with Crippen LogP contribution in [0.15, 0.2) is 24.3 Å². The fourth-order valence-electron chi connectivity index (χ4n) is 1.51. The molecule has 3 nitrogen and oxygen atoms in total. The summed E-state index contributed by atoms with van der Waals surface area (Å²) in [4.78, 5) is 11.6. The van der Waals surface area contributed by atoms with E-state index in [1.165, 1.54) is 7.11 Å². The van der Waals surface area contributed by atoms with Gasteiger partial charge in [-0.1, -0.05) is 18.2 Å². The summed E-state index contributed by atoms with van der Waals surface area (Å²) < 4.78 is 33.3. The van der Waals surface area contributed by atoms with Crippen LogP contribution in [0.25, 0.3) is 0 Å². The Kier molecular flexibility index (Phi) is 6.28. The second kappa shape index (κ2) is 7.76. The lowest BCUT2D eigenvalue weighted by molar-refractivity contribution is -0.119. The molecule has 100 valence electrons. The van der Waals surface area contributed by atoms with Gasteiger partial charge in [0, 0.05) is 18.4 Å². The van der Waals surface area contributed by atoms with E-state index in [0.29, 0.717) is 5.75 Å².